The fourth-order valence-electron chi connectivity index (χ4n) is 2.48. The van der Waals surface area contributed by atoms with E-state index >= 15 is 0 Å². The molecule has 1 aliphatic heterocycles. The summed E-state index contributed by atoms with van der Waals surface area (Å²) >= 11 is 0. The van der Waals surface area contributed by atoms with Gasteiger partial charge in [-0.25, -0.2) is 8.78 Å². The third-order valence-electron chi connectivity index (χ3n) is 5.04. The monoisotopic (exact) mass is 403 g/mol. The molecule has 29 heavy (non-hydrogen) atoms. The van der Waals surface area contributed by atoms with Crippen LogP contribution in [0.15, 0.2) is 47.8 Å². The van der Waals surface area contributed by atoms with E-state index in [4.69, 9.17) is 22.8 Å². The van der Waals surface area contributed by atoms with E-state index in [2.05, 4.69) is 0 Å². The van der Waals surface area contributed by atoms with Crippen LogP contribution in [0, 0.1) is 0 Å². The fourth-order valence-corrected chi connectivity index (χ4v) is 2.48. The van der Waals surface area contributed by atoms with Crippen molar-refractivity contribution < 1.29 is 23.7 Å². The first-order valence-electron chi connectivity index (χ1n) is 9.50. The van der Waals surface area contributed by atoms with Crippen LogP contribution in [0.3, 0.4) is 0 Å². The van der Waals surface area contributed by atoms with Crippen LogP contribution in [0.5, 0.6) is 0 Å². The van der Waals surface area contributed by atoms with E-state index in [0.717, 1.165) is 11.1 Å². The minimum absolute atomic E-state index is 0.0311. The van der Waals surface area contributed by atoms with Gasteiger partial charge in [0.2, 0.25) is 0 Å². The van der Waals surface area contributed by atoms with Gasteiger partial charge < -0.3 is 19.8 Å². The smallest absolute Gasteiger partial charge is 0.145 e. The third kappa shape index (κ3) is 6.26. The highest BCUT2D eigenvalue weighted by Gasteiger charge is 2.32. The van der Waals surface area contributed by atoms with Gasteiger partial charge in [0.15, 0.2) is 0 Å². The van der Waals surface area contributed by atoms with Gasteiger partial charge in [-0.05, 0) is 57.4 Å². The van der Waals surface area contributed by atoms with Crippen molar-refractivity contribution in [2.75, 3.05) is 6.73 Å². The third-order valence-corrected chi connectivity index (χ3v) is 5.04. The van der Waals surface area contributed by atoms with Crippen molar-refractivity contribution in [1.29, 1.82) is 0 Å². The van der Waals surface area contributed by atoms with Crippen molar-refractivity contribution in [3.05, 3.63) is 59.0 Å². The Balaban J connectivity index is 0.000000321. The van der Waals surface area contributed by atoms with Gasteiger partial charge in [-0.3, -0.25) is 0 Å². The Morgan fingerprint density at radius 3 is 2.34 bits per heavy atom. The Labute approximate surface area is 172 Å². The standard InChI is InChI=1S/C16H14BF2NO.C6H14O2/c17-13-5-4-11-6-7-20(10-21-9-12(11)8-13)16-14(18)2-1-3-15(16)19;1-5(2,7)6(3,4)8/h2,4-8H,1,3,9-10H2;7-8H,1-4H3/b7-6-;. The maximum Gasteiger partial charge on any atom is 0.145 e. The second-order valence-corrected chi connectivity index (χ2v) is 8.18. The molecule has 3 rings (SSSR count). The molecule has 0 atom stereocenters. The van der Waals surface area contributed by atoms with Crippen LogP contribution in [0.2, 0.25) is 0 Å². The van der Waals surface area contributed by atoms with Crippen LogP contribution < -0.4 is 5.46 Å². The van der Waals surface area contributed by atoms with Gasteiger partial charge in [-0.2, -0.15) is 0 Å². The molecule has 0 aromatic heterocycles. The highest BCUT2D eigenvalue weighted by molar-refractivity contribution is 6.32. The van der Waals surface area contributed by atoms with E-state index in [9.17, 15) is 8.78 Å². The molecule has 0 spiro atoms. The topological polar surface area (TPSA) is 52.9 Å². The summed E-state index contributed by atoms with van der Waals surface area (Å²) in [5.74, 6) is -0.980. The van der Waals surface area contributed by atoms with Crippen molar-refractivity contribution in [2.45, 2.75) is 58.3 Å². The highest BCUT2D eigenvalue weighted by atomic mass is 19.1. The highest BCUT2D eigenvalue weighted by Crippen LogP contribution is 2.31. The first kappa shape index (κ1) is 23.3. The summed E-state index contributed by atoms with van der Waals surface area (Å²) in [5, 5.41) is 18.2. The minimum Gasteiger partial charge on any atom is -0.387 e. The summed E-state index contributed by atoms with van der Waals surface area (Å²) in [4.78, 5) is 1.46. The fraction of sp³-hybridized carbons (Fsp3) is 0.455. The lowest BCUT2D eigenvalue weighted by atomic mass is 9.90. The lowest BCUT2D eigenvalue weighted by Gasteiger charge is -2.31. The van der Waals surface area contributed by atoms with E-state index in [0.29, 0.717) is 18.5 Å². The van der Waals surface area contributed by atoms with Gasteiger partial charge in [-0.15, -0.1) is 0 Å². The van der Waals surface area contributed by atoms with Crippen LogP contribution in [0.25, 0.3) is 6.08 Å². The van der Waals surface area contributed by atoms with Crippen molar-refractivity contribution in [3.8, 4) is 0 Å². The van der Waals surface area contributed by atoms with E-state index < -0.39 is 22.9 Å². The van der Waals surface area contributed by atoms with E-state index in [1.54, 1.807) is 40.0 Å². The molecule has 0 amide bonds. The molecule has 4 nitrogen and oxygen atoms in total. The summed E-state index contributed by atoms with van der Waals surface area (Å²) in [5.41, 5.74) is 0.504. The van der Waals surface area contributed by atoms with Gasteiger partial charge in [0.05, 0.1) is 17.8 Å². The minimum atomic E-state index is -1.01. The van der Waals surface area contributed by atoms with Crippen molar-refractivity contribution in [1.82, 2.24) is 4.90 Å². The quantitative estimate of drug-likeness (QED) is 0.742. The molecule has 0 fully saturated rings. The second kappa shape index (κ2) is 9.24. The zero-order chi connectivity index (χ0) is 21.8. The van der Waals surface area contributed by atoms with Gasteiger partial charge >= 0.3 is 0 Å². The number of nitrogens with zero attached hydrogens (tertiary/aromatic N) is 1. The van der Waals surface area contributed by atoms with Crippen LogP contribution in [-0.4, -0.2) is 40.9 Å². The number of halogens is 2. The molecule has 2 N–H and O–H groups in total. The van der Waals surface area contributed by atoms with E-state index in [-0.39, 0.29) is 18.8 Å². The predicted octanol–water partition coefficient (Wildman–Crippen LogP) is 3.60. The Bertz CT molecular complexity index is 808. The first-order chi connectivity index (χ1) is 13.4. The Morgan fingerprint density at radius 1 is 1.10 bits per heavy atom. The number of rotatable bonds is 2. The van der Waals surface area contributed by atoms with Gasteiger partial charge in [0.25, 0.3) is 0 Å². The van der Waals surface area contributed by atoms with Crippen molar-refractivity contribution in [3.63, 3.8) is 0 Å². The largest absolute Gasteiger partial charge is 0.387 e. The van der Waals surface area contributed by atoms with Gasteiger partial charge in [0, 0.05) is 12.6 Å². The summed E-state index contributed by atoms with van der Waals surface area (Å²) < 4.78 is 33.3. The van der Waals surface area contributed by atoms with Gasteiger partial charge in [0.1, 0.15) is 31.9 Å². The van der Waals surface area contributed by atoms with Crippen LogP contribution >= 0.6 is 0 Å². The molecular formula is C22H28BF2NO3. The summed E-state index contributed by atoms with van der Waals surface area (Å²) in [6.07, 6.45) is 5.48. The number of aliphatic hydroxyl groups is 2. The molecular weight excluding hydrogens is 375 g/mol. The summed E-state index contributed by atoms with van der Waals surface area (Å²) in [6, 6.07) is 5.50. The molecule has 1 aromatic rings. The molecule has 0 bridgehead atoms. The van der Waals surface area contributed by atoms with Gasteiger partial charge in [-0.1, -0.05) is 23.7 Å². The van der Waals surface area contributed by atoms with E-state index in [1.165, 1.54) is 11.0 Å². The molecule has 1 heterocycles. The number of allylic oxidation sites excluding steroid dienone is 3. The number of benzene rings is 1. The maximum absolute atomic E-state index is 13.9. The normalized spacial score (nSPS) is 18.8. The second-order valence-electron chi connectivity index (χ2n) is 8.18. The van der Waals surface area contributed by atoms with Crippen molar-refractivity contribution in [2.24, 2.45) is 0 Å². The molecule has 0 saturated carbocycles. The molecule has 0 unspecified atom stereocenters. The summed E-state index contributed by atoms with van der Waals surface area (Å²) in [6.45, 7) is 6.75. The molecule has 156 valence electrons. The maximum atomic E-state index is 13.9. The molecule has 2 aliphatic rings. The lowest BCUT2D eigenvalue weighted by Crippen LogP contribution is -2.44. The zero-order valence-electron chi connectivity index (χ0n) is 17.4. The van der Waals surface area contributed by atoms with Crippen LogP contribution in [0.4, 0.5) is 8.78 Å². The number of fused-ring (bicyclic) bond motifs is 1. The Morgan fingerprint density at radius 2 is 1.76 bits per heavy atom. The molecule has 1 aliphatic carbocycles. The molecule has 2 radical (unpaired) electrons. The summed E-state index contributed by atoms with van der Waals surface area (Å²) in [7, 11) is 5.75. The van der Waals surface area contributed by atoms with Crippen LogP contribution in [0.1, 0.15) is 51.7 Å². The Kier molecular flexibility index (Phi) is 7.43. The Hall–Kier alpha value is -1.96. The molecule has 0 saturated heterocycles. The number of ether oxygens (including phenoxy) is 1. The number of hydrogen-bond acceptors (Lipinski definition) is 4. The van der Waals surface area contributed by atoms with E-state index in [1.807, 2.05) is 18.2 Å². The average Bonchev–Trinajstić information content (AvgIpc) is 2.56. The zero-order valence-corrected chi connectivity index (χ0v) is 17.4. The SMILES string of the molecule is CC(C)(O)C(C)(C)O.[B]c1ccc2c(c1)COCN(C1=C(F)CCC=C1F)/C=C\2. The lowest BCUT2D eigenvalue weighted by molar-refractivity contribution is -0.107. The number of hydrogen-bond donors (Lipinski definition) is 2. The first-order valence-corrected chi connectivity index (χ1v) is 9.50. The predicted molar refractivity (Wildman–Crippen MR) is 112 cm³/mol. The average molecular weight is 403 g/mol. The van der Waals surface area contributed by atoms with Crippen molar-refractivity contribution >= 4 is 19.4 Å². The van der Waals surface area contributed by atoms with Crippen LogP contribution in [-0.2, 0) is 11.3 Å². The molecule has 7 heteroatoms. The molecule has 1 aromatic carbocycles.